The van der Waals surface area contributed by atoms with E-state index >= 15 is 0 Å². The van der Waals surface area contributed by atoms with Crippen molar-refractivity contribution in [3.05, 3.63) is 82.9 Å². The monoisotopic (exact) mass is 450 g/mol. The largest absolute Gasteiger partial charge is 0.476 e. The number of carboxylic acids is 1. The second-order valence-electron chi connectivity index (χ2n) is 7.04. The van der Waals surface area contributed by atoms with Gasteiger partial charge in [-0.15, -0.1) is 11.3 Å². The van der Waals surface area contributed by atoms with Crippen LogP contribution in [0.4, 0.5) is 9.93 Å². The molecule has 4 rings (SSSR count). The number of thiazole rings is 1. The van der Waals surface area contributed by atoms with Gasteiger partial charge in [0.1, 0.15) is 12.1 Å². The second kappa shape index (κ2) is 8.98. The Kier molecular flexibility index (Phi) is 5.95. The highest BCUT2D eigenvalue weighted by Gasteiger charge is 2.45. The number of imide groups is 1. The first-order chi connectivity index (χ1) is 15.4. The number of aromatic carboxylic acids is 1. The molecule has 10 heteroatoms. The topological polar surface area (TPSA) is 129 Å². The van der Waals surface area contributed by atoms with E-state index in [1.807, 2.05) is 6.07 Å². The van der Waals surface area contributed by atoms with Crippen LogP contribution < -0.4 is 10.6 Å². The molecule has 32 heavy (non-hydrogen) atoms. The van der Waals surface area contributed by atoms with E-state index in [1.165, 1.54) is 5.38 Å². The smallest absolute Gasteiger partial charge is 0.355 e. The maximum atomic E-state index is 13.2. The summed E-state index contributed by atoms with van der Waals surface area (Å²) >= 11 is 0.944. The molecule has 0 spiro atoms. The summed E-state index contributed by atoms with van der Waals surface area (Å²) in [6.45, 7) is 0. The van der Waals surface area contributed by atoms with Crippen molar-refractivity contribution in [3.8, 4) is 0 Å². The van der Waals surface area contributed by atoms with Gasteiger partial charge in [-0.25, -0.2) is 19.5 Å². The SMILES string of the molecule is O=C(O)c1csc(NC(=O)C(Cc2ccccc2)N2C(=O)N[C@H](c3ccccc3)C2=O)n1. The minimum atomic E-state index is -1.22. The number of hydrogen-bond acceptors (Lipinski definition) is 6. The van der Waals surface area contributed by atoms with Gasteiger partial charge in [-0.05, 0) is 11.1 Å². The molecule has 3 N–H and O–H groups in total. The lowest BCUT2D eigenvalue weighted by atomic mass is 10.0. The lowest BCUT2D eigenvalue weighted by molar-refractivity contribution is -0.134. The summed E-state index contributed by atoms with van der Waals surface area (Å²) in [6, 6.07) is 15.0. The number of nitrogens with one attached hydrogen (secondary N) is 2. The lowest BCUT2D eigenvalue weighted by Gasteiger charge is -2.24. The van der Waals surface area contributed by atoms with Crippen LogP contribution in [0.5, 0.6) is 0 Å². The number of nitrogens with zero attached hydrogens (tertiary/aromatic N) is 2. The predicted octanol–water partition coefficient (Wildman–Crippen LogP) is 2.68. The number of carbonyl (C=O) groups is 4. The van der Waals surface area contributed by atoms with Crippen LogP contribution in [0.1, 0.15) is 27.7 Å². The Morgan fingerprint density at radius 1 is 1.09 bits per heavy atom. The van der Waals surface area contributed by atoms with Crippen LogP contribution in [0.2, 0.25) is 0 Å². The van der Waals surface area contributed by atoms with Crippen LogP contribution in [-0.4, -0.2) is 44.8 Å². The zero-order valence-corrected chi connectivity index (χ0v) is 17.4. The third kappa shape index (κ3) is 4.35. The Hall–Kier alpha value is -4.05. The van der Waals surface area contributed by atoms with E-state index in [0.29, 0.717) is 5.56 Å². The molecule has 0 bridgehead atoms. The van der Waals surface area contributed by atoms with Crippen molar-refractivity contribution in [3.63, 3.8) is 0 Å². The van der Waals surface area contributed by atoms with Gasteiger partial charge in [-0.3, -0.25) is 9.59 Å². The summed E-state index contributed by atoms with van der Waals surface area (Å²) in [7, 11) is 0. The van der Waals surface area contributed by atoms with Gasteiger partial charge < -0.3 is 15.7 Å². The van der Waals surface area contributed by atoms with Crippen LogP contribution in [0.3, 0.4) is 0 Å². The zero-order chi connectivity index (χ0) is 22.7. The van der Waals surface area contributed by atoms with Crippen LogP contribution in [0.25, 0.3) is 0 Å². The fourth-order valence-corrected chi connectivity index (χ4v) is 4.10. The average molecular weight is 450 g/mol. The van der Waals surface area contributed by atoms with E-state index in [0.717, 1.165) is 21.8 Å². The minimum Gasteiger partial charge on any atom is -0.476 e. The Bertz CT molecular complexity index is 1170. The predicted molar refractivity (Wildman–Crippen MR) is 116 cm³/mol. The molecule has 0 radical (unpaired) electrons. The van der Waals surface area contributed by atoms with Crippen LogP contribution in [-0.2, 0) is 16.0 Å². The van der Waals surface area contributed by atoms with E-state index < -0.39 is 35.9 Å². The number of benzene rings is 2. The molecule has 0 saturated carbocycles. The Morgan fingerprint density at radius 2 is 1.75 bits per heavy atom. The van der Waals surface area contributed by atoms with Gasteiger partial charge in [0.25, 0.3) is 5.91 Å². The van der Waals surface area contributed by atoms with Gasteiger partial charge in [-0.2, -0.15) is 0 Å². The van der Waals surface area contributed by atoms with Crippen LogP contribution in [0, 0.1) is 0 Å². The van der Waals surface area contributed by atoms with E-state index in [4.69, 9.17) is 5.11 Å². The summed E-state index contributed by atoms with van der Waals surface area (Å²) in [5.41, 5.74) is 1.16. The summed E-state index contributed by atoms with van der Waals surface area (Å²) in [5.74, 6) is -2.40. The number of rotatable bonds is 7. The van der Waals surface area contributed by atoms with Crippen molar-refractivity contribution < 1.29 is 24.3 Å². The first-order valence-corrected chi connectivity index (χ1v) is 10.5. The van der Waals surface area contributed by atoms with Gasteiger partial charge in [0.2, 0.25) is 5.91 Å². The molecule has 1 aromatic heterocycles. The van der Waals surface area contributed by atoms with E-state index in [1.54, 1.807) is 54.6 Å². The van der Waals surface area contributed by atoms with Crippen molar-refractivity contribution in [2.24, 2.45) is 0 Å². The Morgan fingerprint density at radius 3 is 2.38 bits per heavy atom. The second-order valence-corrected chi connectivity index (χ2v) is 7.90. The molecule has 1 aliphatic rings. The number of aromatic nitrogens is 1. The standard InChI is InChI=1S/C22H18N4O5S/c27-18(25-21-23-15(12-32-21)20(29)30)16(11-13-7-3-1-4-8-13)26-19(28)17(24-22(26)31)14-9-5-2-6-10-14/h1-10,12,16-17H,11H2,(H,24,31)(H,29,30)(H,23,25,27)/t16?,17-/m1/s1. The molecule has 1 aliphatic heterocycles. The van der Waals surface area contributed by atoms with Crippen molar-refractivity contribution in [1.29, 1.82) is 0 Å². The third-order valence-electron chi connectivity index (χ3n) is 4.94. The molecule has 2 aromatic carbocycles. The summed E-state index contributed by atoms with van der Waals surface area (Å²) in [4.78, 5) is 54.9. The Labute approximate surface area is 186 Å². The molecular formula is C22H18N4O5S. The van der Waals surface area contributed by atoms with Crippen molar-refractivity contribution in [2.75, 3.05) is 5.32 Å². The highest BCUT2D eigenvalue weighted by Crippen LogP contribution is 2.26. The maximum absolute atomic E-state index is 13.2. The molecule has 4 amide bonds. The van der Waals surface area contributed by atoms with Gasteiger partial charge in [-0.1, -0.05) is 60.7 Å². The highest BCUT2D eigenvalue weighted by atomic mass is 32.1. The van der Waals surface area contributed by atoms with Gasteiger partial charge in [0.15, 0.2) is 10.8 Å². The van der Waals surface area contributed by atoms with Gasteiger partial charge in [0, 0.05) is 11.8 Å². The molecule has 0 aliphatic carbocycles. The molecule has 1 saturated heterocycles. The fraction of sp³-hybridized carbons (Fsp3) is 0.136. The maximum Gasteiger partial charge on any atom is 0.355 e. The number of hydrogen-bond donors (Lipinski definition) is 3. The fourth-order valence-electron chi connectivity index (χ4n) is 3.42. The molecule has 1 fully saturated rings. The van der Waals surface area contributed by atoms with Crippen LogP contribution in [0.15, 0.2) is 66.0 Å². The number of amides is 4. The quantitative estimate of drug-likeness (QED) is 0.475. The summed E-state index contributed by atoms with van der Waals surface area (Å²) in [6.07, 6.45) is 0.0878. The number of urea groups is 1. The summed E-state index contributed by atoms with van der Waals surface area (Å²) < 4.78 is 0. The van der Waals surface area contributed by atoms with E-state index in [-0.39, 0.29) is 17.2 Å². The van der Waals surface area contributed by atoms with Crippen molar-refractivity contribution in [2.45, 2.75) is 18.5 Å². The first-order valence-electron chi connectivity index (χ1n) is 9.66. The third-order valence-corrected chi connectivity index (χ3v) is 5.70. The van der Waals surface area contributed by atoms with Crippen LogP contribution >= 0.6 is 11.3 Å². The zero-order valence-electron chi connectivity index (χ0n) is 16.6. The van der Waals surface area contributed by atoms with Gasteiger partial charge >= 0.3 is 12.0 Å². The summed E-state index contributed by atoms with van der Waals surface area (Å²) in [5, 5.41) is 15.6. The highest BCUT2D eigenvalue weighted by molar-refractivity contribution is 7.14. The van der Waals surface area contributed by atoms with Gasteiger partial charge in [0.05, 0.1) is 0 Å². The molecule has 162 valence electrons. The molecule has 3 aromatic rings. The first kappa shape index (κ1) is 21.2. The average Bonchev–Trinajstić information content (AvgIpc) is 3.38. The van der Waals surface area contributed by atoms with E-state index in [2.05, 4.69) is 15.6 Å². The normalized spacial score (nSPS) is 16.5. The molecule has 2 atom stereocenters. The Balaban J connectivity index is 1.62. The number of carboxylic acid groups (broad SMARTS) is 1. The van der Waals surface area contributed by atoms with Crippen molar-refractivity contribution in [1.82, 2.24) is 15.2 Å². The van der Waals surface area contributed by atoms with Crippen molar-refractivity contribution >= 4 is 40.3 Å². The molecule has 2 heterocycles. The van der Waals surface area contributed by atoms with E-state index in [9.17, 15) is 19.2 Å². The minimum absolute atomic E-state index is 0.0668. The molecule has 9 nitrogen and oxygen atoms in total. The lowest BCUT2D eigenvalue weighted by Crippen LogP contribution is -2.49. The number of carbonyl (C=O) groups excluding carboxylic acids is 3. The molecular weight excluding hydrogens is 432 g/mol. The number of anilines is 1. The molecule has 1 unspecified atom stereocenters.